The number of nitrogens with zero attached hydrogens (tertiary/aromatic N) is 4. The fourth-order valence-electron chi connectivity index (χ4n) is 3.61. The quantitative estimate of drug-likeness (QED) is 0.793. The highest BCUT2D eigenvalue weighted by molar-refractivity contribution is 5.74. The minimum absolute atomic E-state index is 0. The summed E-state index contributed by atoms with van der Waals surface area (Å²) in [4.78, 5) is 13.6. The Kier molecular flexibility index (Phi) is 6.24. The average molecular weight is 366 g/mol. The third kappa shape index (κ3) is 4.55. The van der Waals surface area contributed by atoms with E-state index in [-0.39, 0.29) is 1.43 Å². The van der Waals surface area contributed by atoms with Gasteiger partial charge in [0.25, 0.3) is 0 Å². The molecule has 27 heavy (non-hydrogen) atoms. The predicted molar refractivity (Wildman–Crippen MR) is 114 cm³/mol. The number of nitrogens with one attached hydrogen (secondary N) is 1. The molecule has 2 aromatic rings. The molecule has 5 heteroatoms. The van der Waals surface area contributed by atoms with Crippen molar-refractivity contribution >= 4 is 11.0 Å². The Morgan fingerprint density at radius 1 is 1.30 bits per heavy atom. The zero-order valence-electron chi connectivity index (χ0n) is 16.5. The van der Waals surface area contributed by atoms with Gasteiger partial charge in [-0.05, 0) is 44.7 Å². The fourth-order valence-corrected chi connectivity index (χ4v) is 3.61. The number of aromatic nitrogens is 2. The van der Waals surface area contributed by atoms with Crippen LogP contribution in [0.5, 0.6) is 0 Å². The Balaban J connectivity index is 0.00000280. The number of allylic oxidation sites excluding steroid dienone is 3. The maximum absolute atomic E-state index is 4.40. The van der Waals surface area contributed by atoms with Gasteiger partial charge in [-0.25, -0.2) is 0 Å². The van der Waals surface area contributed by atoms with Gasteiger partial charge >= 0.3 is 0 Å². The lowest BCUT2D eigenvalue weighted by Gasteiger charge is -2.41. The molecule has 5 nitrogen and oxygen atoms in total. The van der Waals surface area contributed by atoms with E-state index in [0.29, 0.717) is 6.04 Å². The van der Waals surface area contributed by atoms with Gasteiger partial charge < -0.3 is 15.1 Å². The molecule has 1 saturated heterocycles. The van der Waals surface area contributed by atoms with Crippen molar-refractivity contribution in [2.75, 3.05) is 26.7 Å². The molecule has 1 fully saturated rings. The van der Waals surface area contributed by atoms with Gasteiger partial charge in [0.1, 0.15) is 0 Å². The SMILES string of the molecule is C=C/C=C(\C(=C/C)NCc1ccc2nccnc2c1)N1CCN(C)C[C@H]1C.[HH]. The summed E-state index contributed by atoms with van der Waals surface area (Å²) in [7, 11) is 2.18. The molecule has 1 aliphatic rings. The van der Waals surface area contributed by atoms with Gasteiger partial charge in [0.15, 0.2) is 0 Å². The number of benzene rings is 1. The van der Waals surface area contributed by atoms with E-state index in [9.17, 15) is 0 Å². The average Bonchev–Trinajstić information content (AvgIpc) is 2.68. The van der Waals surface area contributed by atoms with Crippen molar-refractivity contribution in [2.45, 2.75) is 26.4 Å². The highest BCUT2D eigenvalue weighted by Crippen LogP contribution is 2.21. The lowest BCUT2D eigenvalue weighted by Crippen LogP contribution is -2.50. The molecule has 2 heterocycles. The van der Waals surface area contributed by atoms with Crippen LogP contribution in [0.4, 0.5) is 0 Å². The monoisotopic (exact) mass is 365 g/mol. The molecule has 3 rings (SSSR count). The Hall–Kier alpha value is -2.66. The third-order valence-corrected chi connectivity index (χ3v) is 5.00. The largest absolute Gasteiger partial charge is 0.380 e. The van der Waals surface area contributed by atoms with Crippen LogP contribution in [-0.4, -0.2) is 52.5 Å². The normalized spacial score (nSPS) is 19.4. The molecule has 144 valence electrons. The van der Waals surface area contributed by atoms with Crippen LogP contribution in [-0.2, 0) is 6.54 Å². The minimum Gasteiger partial charge on any atom is -0.380 e. The minimum atomic E-state index is 0. The number of piperazine rings is 1. The van der Waals surface area contributed by atoms with Gasteiger partial charge in [-0.15, -0.1) is 0 Å². The van der Waals surface area contributed by atoms with Crippen molar-refractivity contribution in [1.29, 1.82) is 0 Å². The van der Waals surface area contributed by atoms with Crippen LogP contribution in [0.25, 0.3) is 11.0 Å². The summed E-state index contributed by atoms with van der Waals surface area (Å²) in [6.45, 7) is 12.2. The van der Waals surface area contributed by atoms with Crippen LogP contribution in [0, 0.1) is 0 Å². The summed E-state index contributed by atoms with van der Waals surface area (Å²) in [6.07, 6.45) is 9.58. The van der Waals surface area contributed by atoms with Crippen molar-refractivity contribution in [3.63, 3.8) is 0 Å². The molecule has 1 aromatic carbocycles. The molecule has 0 unspecified atom stereocenters. The molecule has 0 saturated carbocycles. The van der Waals surface area contributed by atoms with Crippen molar-refractivity contribution in [2.24, 2.45) is 0 Å². The lowest BCUT2D eigenvalue weighted by molar-refractivity contribution is 0.133. The van der Waals surface area contributed by atoms with E-state index >= 15 is 0 Å². The molecular formula is C22H31N5. The van der Waals surface area contributed by atoms with E-state index in [2.05, 4.69) is 76.8 Å². The van der Waals surface area contributed by atoms with Crippen LogP contribution < -0.4 is 5.32 Å². The van der Waals surface area contributed by atoms with E-state index in [1.807, 2.05) is 12.1 Å². The van der Waals surface area contributed by atoms with Gasteiger partial charge in [0.05, 0.1) is 22.4 Å². The summed E-state index contributed by atoms with van der Waals surface area (Å²) in [5.74, 6) is 0. The highest BCUT2D eigenvalue weighted by atomic mass is 15.3. The maximum atomic E-state index is 4.40. The predicted octanol–water partition coefficient (Wildman–Crippen LogP) is 3.58. The van der Waals surface area contributed by atoms with Crippen LogP contribution in [0.15, 0.2) is 66.8 Å². The second kappa shape index (κ2) is 8.82. The van der Waals surface area contributed by atoms with Crippen LogP contribution >= 0.6 is 0 Å². The summed E-state index contributed by atoms with van der Waals surface area (Å²) in [5.41, 5.74) is 5.37. The van der Waals surface area contributed by atoms with E-state index in [1.54, 1.807) is 12.4 Å². The summed E-state index contributed by atoms with van der Waals surface area (Å²) in [6, 6.07) is 6.69. The van der Waals surface area contributed by atoms with E-state index in [4.69, 9.17) is 0 Å². The molecule has 1 aromatic heterocycles. The van der Waals surface area contributed by atoms with E-state index in [0.717, 1.165) is 42.9 Å². The second-order valence-corrected chi connectivity index (χ2v) is 7.03. The lowest BCUT2D eigenvalue weighted by atomic mass is 10.1. The first-order chi connectivity index (χ1) is 13.1. The number of fused-ring (bicyclic) bond motifs is 1. The number of hydrogen-bond donors (Lipinski definition) is 1. The maximum Gasteiger partial charge on any atom is 0.0890 e. The standard InChI is InChI=1S/C22H29N5.H2/c1-5-7-22(27-13-12-26(4)16-17(27)3)19(6-2)25-15-18-8-9-20-21(14-18)24-11-10-23-20;/h5-11,14,17,25H,1,12-13,15-16H2,2-4H3;1H/b19-6+,22-7+;/t17-;/m1./s1. The van der Waals surface area contributed by atoms with Crippen molar-refractivity contribution in [3.8, 4) is 0 Å². The number of likely N-dealkylation sites (N-methyl/N-ethyl adjacent to an activating group) is 1. The number of rotatable bonds is 6. The van der Waals surface area contributed by atoms with Gasteiger partial charge in [0, 0.05) is 46.0 Å². The summed E-state index contributed by atoms with van der Waals surface area (Å²) >= 11 is 0. The molecular weight excluding hydrogens is 334 g/mol. The van der Waals surface area contributed by atoms with E-state index in [1.165, 1.54) is 11.3 Å². The highest BCUT2D eigenvalue weighted by Gasteiger charge is 2.24. The van der Waals surface area contributed by atoms with Crippen molar-refractivity contribution in [3.05, 3.63) is 72.4 Å². The molecule has 1 N–H and O–H groups in total. The van der Waals surface area contributed by atoms with Crippen LogP contribution in [0.2, 0.25) is 0 Å². The van der Waals surface area contributed by atoms with E-state index < -0.39 is 0 Å². The Bertz CT molecular complexity index is 861. The first kappa shape index (κ1) is 19.1. The number of hydrogen-bond acceptors (Lipinski definition) is 5. The zero-order valence-corrected chi connectivity index (χ0v) is 16.5. The van der Waals surface area contributed by atoms with Crippen LogP contribution in [0.3, 0.4) is 0 Å². The van der Waals surface area contributed by atoms with Gasteiger partial charge in [-0.2, -0.15) is 0 Å². The molecule has 0 aliphatic carbocycles. The zero-order chi connectivity index (χ0) is 19.2. The van der Waals surface area contributed by atoms with Gasteiger partial charge in [-0.3, -0.25) is 9.97 Å². The molecule has 1 atom stereocenters. The fraction of sp³-hybridized carbons (Fsp3) is 0.364. The molecule has 1 aliphatic heterocycles. The topological polar surface area (TPSA) is 44.3 Å². The second-order valence-electron chi connectivity index (χ2n) is 7.03. The first-order valence-corrected chi connectivity index (χ1v) is 9.50. The summed E-state index contributed by atoms with van der Waals surface area (Å²) < 4.78 is 0. The van der Waals surface area contributed by atoms with Gasteiger partial charge in [0.2, 0.25) is 0 Å². The third-order valence-electron chi connectivity index (χ3n) is 5.00. The molecule has 0 radical (unpaired) electrons. The molecule has 0 amide bonds. The van der Waals surface area contributed by atoms with Crippen molar-refractivity contribution in [1.82, 2.24) is 25.1 Å². The summed E-state index contributed by atoms with van der Waals surface area (Å²) in [5, 5.41) is 3.61. The smallest absolute Gasteiger partial charge is 0.0890 e. The van der Waals surface area contributed by atoms with Crippen LogP contribution in [0.1, 0.15) is 20.8 Å². The molecule has 0 bridgehead atoms. The van der Waals surface area contributed by atoms with Crippen molar-refractivity contribution < 1.29 is 1.43 Å². The Morgan fingerprint density at radius 3 is 2.78 bits per heavy atom. The molecule has 0 spiro atoms. The Labute approximate surface area is 163 Å². The van der Waals surface area contributed by atoms with Gasteiger partial charge in [-0.1, -0.05) is 24.8 Å². The Morgan fingerprint density at radius 2 is 2.07 bits per heavy atom. The first-order valence-electron chi connectivity index (χ1n) is 9.50.